The first-order valence-corrected chi connectivity index (χ1v) is 9.09. The molecule has 1 aromatic rings. The Morgan fingerprint density at radius 1 is 1.28 bits per heavy atom. The van der Waals surface area contributed by atoms with E-state index in [9.17, 15) is 0 Å². The minimum absolute atomic E-state index is 0. The number of aromatic nitrogens is 1. The Morgan fingerprint density at radius 2 is 1.96 bits per heavy atom. The lowest BCUT2D eigenvalue weighted by atomic mass is 9.80. The third-order valence-electron chi connectivity index (χ3n) is 5.01. The van der Waals surface area contributed by atoms with E-state index in [1.54, 1.807) is 0 Å². The van der Waals surface area contributed by atoms with Crippen LogP contribution in [0.3, 0.4) is 0 Å². The van der Waals surface area contributed by atoms with Gasteiger partial charge in [-0.25, -0.2) is 4.98 Å². The highest BCUT2D eigenvalue weighted by molar-refractivity contribution is 14.0. The second kappa shape index (κ2) is 10.8. The fourth-order valence-electron chi connectivity index (χ4n) is 3.32. The summed E-state index contributed by atoms with van der Waals surface area (Å²) < 4.78 is 0. The summed E-state index contributed by atoms with van der Waals surface area (Å²) in [5, 5.41) is 7.01. The molecule has 6 heteroatoms. The molecule has 0 bridgehead atoms. The first-order valence-electron chi connectivity index (χ1n) is 9.09. The quantitative estimate of drug-likeness (QED) is 0.401. The molecule has 0 saturated heterocycles. The number of nitrogens with zero attached hydrogens (tertiary/aromatic N) is 3. The van der Waals surface area contributed by atoms with Crippen LogP contribution in [-0.4, -0.2) is 38.1 Å². The van der Waals surface area contributed by atoms with Gasteiger partial charge in [-0.1, -0.05) is 13.8 Å². The number of anilines is 1. The molecule has 0 spiro atoms. The van der Waals surface area contributed by atoms with Gasteiger partial charge in [0.1, 0.15) is 5.82 Å². The average molecular weight is 459 g/mol. The first kappa shape index (κ1) is 22.0. The Labute approximate surface area is 170 Å². The Balaban J connectivity index is 0.00000312. The van der Waals surface area contributed by atoms with E-state index < -0.39 is 0 Å². The van der Waals surface area contributed by atoms with Crippen molar-refractivity contribution in [1.29, 1.82) is 0 Å². The molecule has 0 atom stereocenters. The molecule has 1 aliphatic carbocycles. The van der Waals surface area contributed by atoms with Crippen molar-refractivity contribution in [3.05, 3.63) is 23.9 Å². The molecule has 1 aromatic heterocycles. The molecule has 5 nitrogen and oxygen atoms in total. The van der Waals surface area contributed by atoms with Crippen LogP contribution >= 0.6 is 24.0 Å². The molecule has 2 rings (SSSR count). The number of hydrogen-bond acceptors (Lipinski definition) is 3. The summed E-state index contributed by atoms with van der Waals surface area (Å²) in [6, 6.07) is 4.69. The van der Waals surface area contributed by atoms with E-state index in [-0.39, 0.29) is 24.0 Å². The van der Waals surface area contributed by atoms with Crippen molar-refractivity contribution in [1.82, 2.24) is 15.6 Å². The number of aliphatic imine (C=N–C) groups is 1. The van der Waals surface area contributed by atoms with Crippen molar-refractivity contribution in [2.75, 3.05) is 26.0 Å². The van der Waals surface area contributed by atoms with Gasteiger partial charge < -0.3 is 15.5 Å². The van der Waals surface area contributed by atoms with Gasteiger partial charge >= 0.3 is 0 Å². The Bertz CT molecular complexity index is 536. The van der Waals surface area contributed by atoms with Crippen molar-refractivity contribution < 1.29 is 0 Å². The van der Waals surface area contributed by atoms with E-state index >= 15 is 0 Å². The first-order chi connectivity index (χ1) is 11.5. The van der Waals surface area contributed by atoms with E-state index in [0.29, 0.717) is 6.04 Å². The van der Waals surface area contributed by atoms with Crippen LogP contribution in [0, 0.1) is 11.8 Å². The number of hydrogen-bond donors (Lipinski definition) is 2. The van der Waals surface area contributed by atoms with E-state index in [1.165, 1.54) is 31.2 Å². The van der Waals surface area contributed by atoms with Crippen LogP contribution in [0.25, 0.3) is 0 Å². The molecule has 1 aliphatic rings. The molecule has 142 valence electrons. The Kier molecular flexibility index (Phi) is 9.53. The minimum Gasteiger partial charge on any atom is -0.363 e. The number of guanidine groups is 1. The van der Waals surface area contributed by atoms with Crippen LogP contribution in [0.1, 0.15) is 45.1 Å². The topological polar surface area (TPSA) is 52.6 Å². The molecule has 0 aliphatic heterocycles. The SMILES string of the molecule is CN=C(NCc1ccnc(N(C)C)c1)NC1CCC(C(C)C)CC1.I. The zero-order chi connectivity index (χ0) is 17.5. The van der Waals surface area contributed by atoms with Gasteiger partial charge in [0, 0.05) is 39.9 Å². The fourth-order valence-corrected chi connectivity index (χ4v) is 3.32. The maximum atomic E-state index is 4.38. The highest BCUT2D eigenvalue weighted by Gasteiger charge is 2.23. The van der Waals surface area contributed by atoms with Gasteiger partial charge in [-0.15, -0.1) is 24.0 Å². The highest BCUT2D eigenvalue weighted by atomic mass is 127. The molecular weight excluding hydrogens is 425 g/mol. The monoisotopic (exact) mass is 459 g/mol. The molecule has 1 fully saturated rings. The minimum atomic E-state index is 0. The Hall–Kier alpha value is -1.05. The number of halogens is 1. The molecule has 2 N–H and O–H groups in total. The van der Waals surface area contributed by atoms with E-state index in [0.717, 1.165) is 30.2 Å². The zero-order valence-corrected chi connectivity index (χ0v) is 18.6. The number of rotatable bonds is 5. The lowest BCUT2D eigenvalue weighted by Crippen LogP contribution is -2.44. The molecule has 0 unspecified atom stereocenters. The van der Waals surface area contributed by atoms with Crippen molar-refractivity contribution in [2.24, 2.45) is 16.8 Å². The van der Waals surface area contributed by atoms with Crippen molar-refractivity contribution in [3.8, 4) is 0 Å². The molecule has 1 heterocycles. The lowest BCUT2D eigenvalue weighted by Gasteiger charge is -2.32. The summed E-state index contributed by atoms with van der Waals surface area (Å²) in [7, 11) is 5.86. The van der Waals surface area contributed by atoms with E-state index in [2.05, 4.69) is 40.5 Å². The van der Waals surface area contributed by atoms with Gasteiger partial charge in [0.15, 0.2) is 5.96 Å². The van der Waals surface area contributed by atoms with Crippen molar-refractivity contribution in [3.63, 3.8) is 0 Å². The fraction of sp³-hybridized carbons (Fsp3) is 0.684. The normalized spacial score (nSPS) is 20.8. The van der Waals surface area contributed by atoms with Crippen LogP contribution in [-0.2, 0) is 6.54 Å². The third-order valence-corrected chi connectivity index (χ3v) is 5.01. The van der Waals surface area contributed by atoms with Crippen molar-refractivity contribution >= 4 is 35.8 Å². The maximum absolute atomic E-state index is 4.38. The van der Waals surface area contributed by atoms with Crippen LogP contribution in [0.2, 0.25) is 0 Å². The number of nitrogens with one attached hydrogen (secondary N) is 2. The van der Waals surface area contributed by atoms with Gasteiger partial charge in [0.05, 0.1) is 0 Å². The summed E-state index contributed by atoms with van der Waals surface area (Å²) >= 11 is 0. The third kappa shape index (κ3) is 6.99. The van der Waals surface area contributed by atoms with E-state index in [4.69, 9.17) is 0 Å². The summed E-state index contributed by atoms with van der Waals surface area (Å²) in [4.78, 5) is 10.7. The summed E-state index contributed by atoms with van der Waals surface area (Å²) in [5.41, 5.74) is 1.21. The molecule has 0 amide bonds. The van der Waals surface area contributed by atoms with Gasteiger partial charge in [-0.2, -0.15) is 0 Å². The van der Waals surface area contributed by atoms with Crippen LogP contribution in [0.15, 0.2) is 23.3 Å². The second-order valence-corrected chi connectivity index (χ2v) is 7.34. The standard InChI is InChI=1S/C19H33N5.HI/c1-14(2)16-6-8-17(9-7-16)23-19(20-3)22-13-15-10-11-21-18(12-15)24(4)5;/h10-12,14,16-17H,6-9,13H2,1-5H3,(H2,20,22,23);1H. The summed E-state index contributed by atoms with van der Waals surface area (Å²) in [6.45, 7) is 5.44. The van der Waals surface area contributed by atoms with E-state index in [1.807, 2.05) is 38.3 Å². The Morgan fingerprint density at radius 3 is 2.52 bits per heavy atom. The second-order valence-electron chi connectivity index (χ2n) is 7.34. The lowest BCUT2D eigenvalue weighted by molar-refractivity contribution is 0.250. The molecular formula is C19H34IN5. The molecule has 0 aromatic carbocycles. The van der Waals surface area contributed by atoms with Gasteiger partial charge in [0.25, 0.3) is 0 Å². The number of pyridine rings is 1. The highest BCUT2D eigenvalue weighted by Crippen LogP contribution is 2.29. The van der Waals surface area contributed by atoms with Gasteiger partial charge in [-0.05, 0) is 55.2 Å². The maximum Gasteiger partial charge on any atom is 0.191 e. The molecule has 0 radical (unpaired) electrons. The average Bonchev–Trinajstić information content (AvgIpc) is 2.59. The van der Waals surface area contributed by atoms with Crippen LogP contribution in [0.5, 0.6) is 0 Å². The molecule has 25 heavy (non-hydrogen) atoms. The predicted octanol–water partition coefficient (Wildman–Crippen LogP) is 3.65. The van der Waals surface area contributed by atoms with Gasteiger partial charge in [0.2, 0.25) is 0 Å². The molecule has 1 saturated carbocycles. The van der Waals surface area contributed by atoms with Gasteiger partial charge in [-0.3, -0.25) is 4.99 Å². The largest absolute Gasteiger partial charge is 0.363 e. The zero-order valence-electron chi connectivity index (χ0n) is 16.2. The van der Waals surface area contributed by atoms with Crippen molar-refractivity contribution in [2.45, 2.75) is 52.1 Å². The predicted molar refractivity (Wildman–Crippen MR) is 118 cm³/mol. The smallest absolute Gasteiger partial charge is 0.191 e. The van der Waals surface area contributed by atoms with Crippen LogP contribution < -0.4 is 15.5 Å². The summed E-state index contributed by atoms with van der Waals surface area (Å²) in [5.74, 6) is 3.57. The summed E-state index contributed by atoms with van der Waals surface area (Å²) in [6.07, 6.45) is 6.98. The van der Waals surface area contributed by atoms with Crippen LogP contribution in [0.4, 0.5) is 5.82 Å².